The van der Waals surface area contributed by atoms with E-state index in [-0.39, 0.29) is 17.3 Å². The molecule has 2 aromatic rings. The average Bonchev–Trinajstić information content (AvgIpc) is 2.73. The molecule has 1 fully saturated rings. The first kappa shape index (κ1) is 19.6. The first-order chi connectivity index (χ1) is 13.6. The molecular weight excluding hydrogens is 360 g/mol. The minimum absolute atomic E-state index is 0.00862. The zero-order valence-corrected chi connectivity index (χ0v) is 15.8. The van der Waals surface area contributed by atoms with Crippen LogP contribution in [0.3, 0.4) is 0 Å². The zero-order valence-electron chi connectivity index (χ0n) is 15.8. The normalized spacial score (nSPS) is 14.5. The number of ether oxygens (including phenoxy) is 1. The Kier molecular flexibility index (Phi) is 6.44. The molecule has 1 aliphatic rings. The Bertz CT molecular complexity index is 820. The fraction of sp³-hybridized carbons (Fsp3) is 0.350. The Morgan fingerprint density at radius 2 is 1.86 bits per heavy atom. The van der Waals surface area contributed by atoms with E-state index < -0.39 is 4.92 Å². The zero-order chi connectivity index (χ0) is 19.9. The number of benzene rings is 2. The standard InChI is InChI=1S/C20H24N4O4/c1-28-19-13-17(7-8-18(19)24(26)27)23-11-9-22(10-12-23)15-20(25)21-14-16-5-3-2-4-6-16/h2-8,13H,9-12,14-15H2,1H3,(H,21,25). The van der Waals surface area contributed by atoms with Gasteiger partial charge in [-0.2, -0.15) is 0 Å². The van der Waals surface area contributed by atoms with Crippen LogP contribution in [0, 0.1) is 10.1 Å². The third kappa shape index (κ3) is 4.98. The number of carbonyl (C=O) groups excluding carboxylic acids is 1. The minimum Gasteiger partial charge on any atom is -0.490 e. The second-order valence-electron chi connectivity index (χ2n) is 6.64. The van der Waals surface area contributed by atoms with Crippen LogP contribution in [0.2, 0.25) is 0 Å². The molecule has 1 amide bonds. The number of hydrogen-bond donors (Lipinski definition) is 1. The van der Waals surface area contributed by atoms with Crippen LogP contribution in [0.25, 0.3) is 0 Å². The van der Waals surface area contributed by atoms with Crippen LogP contribution < -0.4 is 15.0 Å². The fourth-order valence-electron chi connectivity index (χ4n) is 3.23. The Balaban J connectivity index is 1.49. The number of piperazine rings is 1. The molecule has 1 heterocycles. The van der Waals surface area contributed by atoms with Gasteiger partial charge in [0.15, 0.2) is 5.75 Å². The van der Waals surface area contributed by atoms with E-state index in [1.165, 1.54) is 13.2 Å². The van der Waals surface area contributed by atoms with Crippen molar-refractivity contribution in [3.05, 3.63) is 64.2 Å². The Morgan fingerprint density at radius 3 is 2.50 bits per heavy atom. The van der Waals surface area contributed by atoms with Gasteiger partial charge in [0.2, 0.25) is 5.91 Å². The molecule has 1 aliphatic heterocycles. The quantitative estimate of drug-likeness (QED) is 0.581. The molecule has 148 valence electrons. The smallest absolute Gasteiger partial charge is 0.311 e. The van der Waals surface area contributed by atoms with Gasteiger partial charge < -0.3 is 15.0 Å². The van der Waals surface area contributed by atoms with E-state index in [1.807, 2.05) is 30.3 Å². The highest BCUT2D eigenvalue weighted by molar-refractivity contribution is 5.78. The van der Waals surface area contributed by atoms with Gasteiger partial charge in [0, 0.05) is 50.5 Å². The third-order valence-corrected chi connectivity index (χ3v) is 4.80. The van der Waals surface area contributed by atoms with E-state index in [9.17, 15) is 14.9 Å². The Morgan fingerprint density at radius 1 is 1.14 bits per heavy atom. The van der Waals surface area contributed by atoms with Crippen LogP contribution in [0.15, 0.2) is 48.5 Å². The molecule has 0 atom stereocenters. The van der Waals surface area contributed by atoms with Crippen LogP contribution in [0.1, 0.15) is 5.56 Å². The minimum atomic E-state index is -0.450. The highest BCUT2D eigenvalue weighted by Gasteiger charge is 2.22. The summed E-state index contributed by atoms with van der Waals surface area (Å²) >= 11 is 0. The number of rotatable bonds is 7. The van der Waals surface area contributed by atoms with Crippen molar-refractivity contribution in [2.75, 3.05) is 44.7 Å². The third-order valence-electron chi connectivity index (χ3n) is 4.80. The van der Waals surface area contributed by atoms with E-state index in [4.69, 9.17) is 4.74 Å². The van der Waals surface area contributed by atoms with E-state index >= 15 is 0 Å². The molecule has 8 heteroatoms. The number of nitro groups is 1. The topological polar surface area (TPSA) is 88.0 Å². The van der Waals surface area contributed by atoms with Gasteiger partial charge in [-0.05, 0) is 11.6 Å². The summed E-state index contributed by atoms with van der Waals surface area (Å²) in [7, 11) is 1.43. The van der Waals surface area contributed by atoms with Gasteiger partial charge in [0.1, 0.15) is 0 Å². The van der Waals surface area contributed by atoms with Crippen molar-refractivity contribution in [2.45, 2.75) is 6.54 Å². The molecule has 1 N–H and O–H groups in total. The molecule has 8 nitrogen and oxygen atoms in total. The summed E-state index contributed by atoms with van der Waals surface area (Å²) in [5, 5.41) is 14.0. The lowest BCUT2D eigenvalue weighted by molar-refractivity contribution is -0.385. The molecular formula is C20H24N4O4. The number of methoxy groups -OCH3 is 1. The van der Waals surface area contributed by atoms with Crippen LogP contribution in [-0.2, 0) is 11.3 Å². The number of amides is 1. The monoisotopic (exact) mass is 384 g/mol. The lowest BCUT2D eigenvalue weighted by atomic mass is 10.2. The number of hydrogen-bond acceptors (Lipinski definition) is 6. The average molecular weight is 384 g/mol. The predicted octanol–water partition coefficient (Wildman–Crippen LogP) is 2.04. The van der Waals surface area contributed by atoms with Crippen molar-refractivity contribution < 1.29 is 14.5 Å². The van der Waals surface area contributed by atoms with Gasteiger partial charge in [-0.1, -0.05) is 30.3 Å². The lowest BCUT2D eigenvalue weighted by Gasteiger charge is -2.35. The molecule has 0 bridgehead atoms. The van der Waals surface area contributed by atoms with E-state index in [0.717, 1.165) is 37.4 Å². The Labute approximate surface area is 163 Å². The molecule has 1 saturated heterocycles. The number of nitrogens with zero attached hydrogens (tertiary/aromatic N) is 3. The number of anilines is 1. The van der Waals surface area contributed by atoms with Crippen LogP contribution in [0.5, 0.6) is 5.75 Å². The molecule has 0 unspecified atom stereocenters. The molecule has 0 aliphatic carbocycles. The van der Waals surface area contributed by atoms with Gasteiger partial charge in [-0.15, -0.1) is 0 Å². The summed E-state index contributed by atoms with van der Waals surface area (Å²) in [6.45, 7) is 3.88. The van der Waals surface area contributed by atoms with E-state index in [0.29, 0.717) is 13.1 Å². The summed E-state index contributed by atoms with van der Waals surface area (Å²) in [5.41, 5.74) is 1.92. The van der Waals surface area contributed by atoms with Crippen molar-refractivity contribution in [2.24, 2.45) is 0 Å². The van der Waals surface area contributed by atoms with Crippen molar-refractivity contribution in [1.29, 1.82) is 0 Å². The maximum absolute atomic E-state index is 12.2. The van der Waals surface area contributed by atoms with Crippen molar-refractivity contribution in [1.82, 2.24) is 10.2 Å². The maximum atomic E-state index is 12.2. The second-order valence-corrected chi connectivity index (χ2v) is 6.64. The van der Waals surface area contributed by atoms with Gasteiger partial charge in [-0.3, -0.25) is 19.8 Å². The predicted molar refractivity (Wildman–Crippen MR) is 107 cm³/mol. The summed E-state index contributed by atoms with van der Waals surface area (Å²) < 4.78 is 5.14. The van der Waals surface area contributed by atoms with Crippen molar-refractivity contribution in [3.63, 3.8) is 0 Å². The molecule has 0 saturated carbocycles. The van der Waals surface area contributed by atoms with Crippen LogP contribution in [-0.4, -0.2) is 55.6 Å². The molecule has 28 heavy (non-hydrogen) atoms. The molecule has 0 radical (unpaired) electrons. The summed E-state index contributed by atoms with van der Waals surface area (Å²) in [6, 6.07) is 14.7. The largest absolute Gasteiger partial charge is 0.490 e. The number of nitro benzene ring substituents is 1. The first-order valence-electron chi connectivity index (χ1n) is 9.17. The summed E-state index contributed by atoms with van der Waals surface area (Å²) in [5.74, 6) is 0.263. The second kappa shape index (κ2) is 9.18. The van der Waals surface area contributed by atoms with E-state index in [1.54, 1.807) is 12.1 Å². The van der Waals surface area contributed by atoms with Crippen LogP contribution in [0.4, 0.5) is 11.4 Å². The van der Waals surface area contributed by atoms with Gasteiger partial charge in [0.25, 0.3) is 0 Å². The molecule has 0 aromatic heterocycles. The SMILES string of the molecule is COc1cc(N2CCN(CC(=O)NCc3ccccc3)CC2)ccc1[N+](=O)[O-]. The fourth-order valence-corrected chi connectivity index (χ4v) is 3.23. The first-order valence-corrected chi connectivity index (χ1v) is 9.17. The lowest BCUT2D eigenvalue weighted by Crippen LogP contribution is -2.49. The van der Waals surface area contributed by atoms with Crippen molar-refractivity contribution >= 4 is 17.3 Å². The molecule has 2 aromatic carbocycles. The summed E-state index contributed by atoms with van der Waals surface area (Å²) in [6.07, 6.45) is 0. The van der Waals surface area contributed by atoms with E-state index in [2.05, 4.69) is 15.1 Å². The van der Waals surface area contributed by atoms with Gasteiger partial charge in [-0.25, -0.2) is 0 Å². The maximum Gasteiger partial charge on any atom is 0.311 e. The highest BCUT2D eigenvalue weighted by Crippen LogP contribution is 2.31. The highest BCUT2D eigenvalue weighted by atomic mass is 16.6. The van der Waals surface area contributed by atoms with Crippen LogP contribution >= 0.6 is 0 Å². The Hall–Kier alpha value is -3.13. The summed E-state index contributed by atoms with van der Waals surface area (Å²) in [4.78, 5) is 27.0. The molecule has 3 rings (SSSR count). The van der Waals surface area contributed by atoms with Gasteiger partial charge >= 0.3 is 5.69 Å². The van der Waals surface area contributed by atoms with Crippen molar-refractivity contribution in [3.8, 4) is 5.75 Å². The molecule has 0 spiro atoms. The number of nitrogens with one attached hydrogen (secondary N) is 1. The number of carbonyl (C=O) groups is 1. The van der Waals surface area contributed by atoms with Gasteiger partial charge in [0.05, 0.1) is 18.6 Å².